The minimum absolute atomic E-state index is 0.158. The van der Waals surface area contributed by atoms with Crippen molar-refractivity contribution in [3.05, 3.63) is 34.9 Å². The Morgan fingerprint density at radius 3 is 3.00 bits per heavy atom. The quantitative estimate of drug-likeness (QED) is 0.820. The van der Waals surface area contributed by atoms with Crippen LogP contribution in [0.3, 0.4) is 0 Å². The average molecular weight is 233 g/mol. The number of hydrogen-bond acceptors (Lipinski definition) is 4. The first-order valence-electron chi connectivity index (χ1n) is 5.85. The topological polar surface area (TPSA) is 59.6 Å². The molecule has 1 aromatic rings. The minimum atomic E-state index is -0.158. The van der Waals surface area contributed by atoms with Crippen molar-refractivity contribution >= 4 is 5.84 Å². The lowest BCUT2D eigenvalue weighted by Crippen LogP contribution is -2.31. The third kappa shape index (κ3) is 2.48. The van der Waals surface area contributed by atoms with Crippen LogP contribution in [0, 0.1) is 6.92 Å². The Morgan fingerprint density at radius 2 is 2.35 bits per heavy atom. The average Bonchev–Trinajstić information content (AvgIpc) is 2.85. The largest absolute Gasteiger partial charge is 0.380 e. The summed E-state index contributed by atoms with van der Waals surface area (Å²) in [5, 5.41) is 3.23. The van der Waals surface area contributed by atoms with E-state index in [9.17, 15) is 0 Å². The van der Waals surface area contributed by atoms with E-state index < -0.39 is 0 Å². The summed E-state index contributed by atoms with van der Waals surface area (Å²) in [6.45, 7) is 4.41. The van der Waals surface area contributed by atoms with Crippen LogP contribution in [-0.4, -0.2) is 26.0 Å². The number of amidine groups is 1. The maximum atomic E-state index is 6.23. The molecule has 4 heteroatoms. The molecule has 1 heterocycles. The van der Waals surface area contributed by atoms with Gasteiger partial charge < -0.3 is 15.8 Å². The number of nitrogens with one attached hydrogen (secondary N) is 1. The summed E-state index contributed by atoms with van der Waals surface area (Å²) in [7, 11) is 1.70. The fourth-order valence-corrected chi connectivity index (χ4v) is 2.12. The van der Waals surface area contributed by atoms with E-state index in [2.05, 4.69) is 29.4 Å². The second kappa shape index (κ2) is 5.29. The lowest BCUT2D eigenvalue weighted by atomic mass is 9.97. The van der Waals surface area contributed by atoms with Gasteiger partial charge in [-0.25, -0.2) is 0 Å². The molecule has 0 aromatic heterocycles. The number of nitrogens with two attached hydrogens (primary N) is 1. The van der Waals surface area contributed by atoms with E-state index in [0.717, 1.165) is 24.5 Å². The number of hydrogen-bond donors (Lipinski definition) is 2. The second-order valence-corrected chi connectivity index (χ2v) is 4.24. The predicted molar refractivity (Wildman–Crippen MR) is 69.1 cm³/mol. The Hall–Kier alpha value is -1.39. The van der Waals surface area contributed by atoms with E-state index in [0.29, 0.717) is 6.61 Å². The molecule has 17 heavy (non-hydrogen) atoms. The Labute approximate surface area is 102 Å². The molecule has 1 atom stereocenters. The molecule has 0 radical (unpaired) electrons. The molecule has 0 bridgehead atoms. The first kappa shape index (κ1) is 12.1. The summed E-state index contributed by atoms with van der Waals surface area (Å²) in [5.74, 6) is 0.891. The SMILES string of the molecule is COCc1cccc(C(N)C2=NCCN2)c1C. The molecule has 2 rings (SSSR count). The third-order valence-electron chi connectivity index (χ3n) is 3.12. The van der Waals surface area contributed by atoms with Crippen LogP contribution in [0.25, 0.3) is 0 Å². The van der Waals surface area contributed by atoms with Crippen molar-refractivity contribution in [2.45, 2.75) is 19.6 Å². The van der Waals surface area contributed by atoms with Crippen LogP contribution in [0.2, 0.25) is 0 Å². The van der Waals surface area contributed by atoms with Gasteiger partial charge in [0.1, 0.15) is 5.84 Å². The Morgan fingerprint density at radius 1 is 1.53 bits per heavy atom. The highest BCUT2D eigenvalue weighted by atomic mass is 16.5. The maximum absolute atomic E-state index is 6.23. The van der Waals surface area contributed by atoms with Crippen molar-refractivity contribution in [1.29, 1.82) is 0 Å². The zero-order valence-electron chi connectivity index (χ0n) is 10.4. The highest BCUT2D eigenvalue weighted by Crippen LogP contribution is 2.21. The number of methoxy groups -OCH3 is 1. The number of aliphatic imine (C=N–C) groups is 1. The molecule has 1 aliphatic rings. The van der Waals surface area contributed by atoms with Gasteiger partial charge in [-0.15, -0.1) is 0 Å². The van der Waals surface area contributed by atoms with Crippen molar-refractivity contribution in [3.63, 3.8) is 0 Å². The molecule has 0 saturated heterocycles. The van der Waals surface area contributed by atoms with Gasteiger partial charge in [-0.05, 0) is 23.6 Å². The van der Waals surface area contributed by atoms with Gasteiger partial charge in [0.05, 0.1) is 19.2 Å². The third-order valence-corrected chi connectivity index (χ3v) is 3.12. The number of ether oxygens (including phenoxy) is 1. The molecule has 1 aromatic carbocycles. The zero-order valence-corrected chi connectivity index (χ0v) is 10.4. The molecule has 92 valence electrons. The van der Waals surface area contributed by atoms with Crippen LogP contribution in [0.5, 0.6) is 0 Å². The van der Waals surface area contributed by atoms with E-state index in [-0.39, 0.29) is 6.04 Å². The van der Waals surface area contributed by atoms with Gasteiger partial charge in [0.2, 0.25) is 0 Å². The molecule has 0 amide bonds. The summed E-state index contributed by atoms with van der Waals surface area (Å²) in [6, 6.07) is 5.99. The van der Waals surface area contributed by atoms with E-state index >= 15 is 0 Å². The Bertz CT molecular complexity index is 429. The van der Waals surface area contributed by atoms with Crippen LogP contribution >= 0.6 is 0 Å². The minimum Gasteiger partial charge on any atom is -0.380 e. The number of rotatable bonds is 4. The number of benzene rings is 1. The van der Waals surface area contributed by atoms with E-state index in [1.165, 1.54) is 11.1 Å². The van der Waals surface area contributed by atoms with Crippen LogP contribution in [-0.2, 0) is 11.3 Å². The highest BCUT2D eigenvalue weighted by Gasteiger charge is 2.18. The molecule has 0 aliphatic carbocycles. The van der Waals surface area contributed by atoms with Gasteiger partial charge in [0.25, 0.3) is 0 Å². The molecule has 0 spiro atoms. The van der Waals surface area contributed by atoms with Gasteiger partial charge in [0.15, 0.2) is 0 Å². The van der Waals surface area contributed by atoms with Crippen LogP contribution < -0.4 is 11.1 Å². The fraction of sp³-hybridized carbons (Fsp3) is 0.462. The fourth-order valence-electron chi connectivity index (χ4n) is 2.12. The monoisotopic (exact) mass is 233 g/mol. The molecule has 1 unspecified atom stereocenters. The standard InChI is InChI=1S/C13H19N3O/c1-9-10(8-17-2)4-3-5-11(9)12(14)13-15-6-7-16-13/h3-5,12H,6-8,14H2,1-2H3,(H,15,16). The smallest absolute Gasteiger partial charge is 0.118 e. The zero-order chi connectivity index (χ0) is 12.3. The van der Waals surface area contributed by atoms with E-state index in [1.54, 1.807) is 7.11 Å². The molecule has 0 fully saturated rings. The van der Waals surface area contributed by atoms with E-state index in [4.69, 9.17) is 10.5 Å². The van der Waals surface area contributed by atoms with Crippen molar-refractivity contribution in [3.8, 4) is 0 Å². The lowest BCUT2D eigenvalue weighted by molar-refractivity contribution is 0.184. The van der Waals surface area contributed by atoms with Crippen LogP contribution in [0.4, 0.5) is 0 Å². The predicted octanol–water partition coefficient (Wildman–Crippen LogP) is 1.14. The Balaban J connectivity index is 2.28. The molecule has 0 saturated carbocycles. The molecule has 1 aliphatic heterocycles. The first-order chi connectivity index (χ1) is 8.24. The molecule has 4 nitrogen and oxygen atoms in total. The van der Waals surface area contributed by atoms with Crippen molar-refractivity contribution in [1.82, 2.24) is 5.32 Å². The lowest BCUT2D eigenvalue weighted by Gasteiger charge is -2.17. The van der Waals surface area contributed by atoms with Crippen molar-refractivity contribution < 1.29 is 4.74 Å². The van der Waals surface area contributed by atoms with Gasteiger partial charge in [0, 0.05) is 13.7 Å². The molecular formula is C13H19N3O. The van der Waals surface area contributed by atoms with Gasteiger partial charge in [-0.2, -0.15) is 0 Å². The van der Waals surface area contributed by atoms with Crippen molar-refractivity contribution in [2.24, 2.45) is 10.7 Å². The second-order valence-electron chi connectivity index (χ2n) is 4.24. The summed E-state index contributed by atoms with van der Waals surface area (Å²) >= 11 is 0. The first-order valence-corrected chi connectivity index (χ1v) is 5.85. The van der Waals surface area contributed by atoms with Crippen molar-refractivity contribution in [2.75, 3.05) is 20.2 Å². The van der Waals surface area contributed by atoms with E-state index in [1.807, 2.05) is 6.07 Å². The van der Waals surface area contributed by atoms with Crippen LogP contribution in [0.15, 0.2) is 23.2 Å². The molecule has 3 N–H and O–H groups in total. The maximum Gasteiger partial charge on any atom is 0.118 e. The van der Waals surface area contributed by atoms with Gasteiger partial charge in [-0.3, -0.25) is 4.99 Å². The van der Waals surface area contributed by atoms with Gasteiger partial charge in [-0.1, -0.05) is 18.2 Å². The highest BCUT2D eigenvalue weighted by molar-refractivity contribution is 5.89. The van der Waals surface area contributed by atoms with Gasteiger partial charge >= 0.3 is 0 Å². The normalized spacial score (nSPS) is 16.5. The van der Waals surface area contributed by atoms with Crippen LogP contribution in [0.1, 0.15) is 22.7 Å². The molecular weight excluding hydrogens is 214 g/mol. The summed E-state index contributed by atoms with van der Waals surface area (Å²) in [6.07, 6.45) is 0. The Kier molecular flexibility index (Phi) is 3.76. The summed E-state index contributed by atoms with van der Waals surface area (Å²) < 4.78 is 5.18. The summed E-state index contributed by atoms with van der Waals surface area (Å²) in [5.41, 5.74) is 9.72. The summed E-state index contributed by atoms with van der Waals surface area (Å²) in [4.78, 5) is 4.38. The number of nitrogens with zero attached hydrogens (tertiary/aromatic N) is 1.